The van der Waals surface area contributed by atoms with Gasteiger partial charge in [-0.3, -0.25) is 9.59 Å². The lowest BCUT2D eigenvalue weighted by Gasteiger charge is -2.20. The van der Waals surface area contributed by atoms with E-state index in [1.807, 2.05) is 13.8 Å². The minimum Gasteiger partial charge on any atom is -0.508 e. The number of hydrogen-bond donors (Lipinski definition) is 2. The molecule has 1 aliphatic rings. The first-order valence-electron chi connectivity index (χ1n) is 10.8. The molecule has 8 heteroatoms. The van der Waals surface area contributed by atoms with E-state index in [4.69, 9.17) is 0 Å². The van der Waals surface area contributed by atoms with E-state index < -0.39 is 16.1 Å². The first kappa shape index (κ1) is 23.9. The van der Waals surface area contributed by atoms with Crippen LogP contribution in [0.3, 0.4) is 0 Å². The van der Waals surface area contributed by atoms with Gasteiger partial charge >= 0.3 is 0 Å². The molecule has 0 saturated carbocycles. The van der Waals surface area contributed by atoms with Crippen LogP contribution in [0.1, 0.15) is 44.7 Å². The Morgan fingerprint density at radius 3 is 2.44 bits per heavy atom. The summed E-state index contributed by atoms with van der Waals surface area (Å²) in [7, 11) is -3.91. The zero-order valence-corrected chi connectivity index (χ0v) is 19.5. The number of aromatic hydroxyl groups is 1. The summed E-state index contributed by atoms with van der Waals surface area (Å²) in [5, 5.41) is 9.39. The van der Waals surface area contributed by atoms with Crippen molar-refractivity contribution >= 4 is 27.4 Å². The lowest BCUT2D eigenvalue weighted by Crippen LogP contribution is -2.41. The van der Waals surface area contributed by atoms with Crippen LogP contribution in [0.25, 0.3) is 0 Å². The first-order valence-corrected chi connectivity index (χ1v) is 12.3. The molecule has 1 amide bonds. The van der Waals surface area contributed by atoms with E-state index in [1.54, 1.807) is 41.3 Å². The van der Waals surface area contributed by atoms with Gasteiger partial charge in [0.05, 0.1) is 10.9 Å². The van der Waals surface area contributed by atoms with Crippen molar-refractivity contribution in [3.05, 3.63) is 53.6 Å². The second kappa shape index (κ2) is 9.83. The molecule has 1 aliphatic heterocycles. The molecule has 1 heterocycles. The van der Waals surface area contributed by atoms with Gasteiger partial charge in [-0.25, -0.2) is 13.1 Å². The summed E-state index contributed by atoms with van der Waals surface area (Å²) in [6.07, 6.45) is 1.66. The SMILES string of the molecule is CC(=O)N1CCc2cc(S(=O)(=O)NC(CC(C)C)C(=O)CCc3ccc(O)cc3)ccc21. The number of ketones is 1. The maximum atomic E-state index is 13.1. The molecule has 0 bridgehead atoms. The van der Waals surface area contributed by atoms with Crippen LogP contribution in [0.15, 0.2) is 47.4 Å². The quantitative estimate of drug-likeness (QED) is 0.601. The van der Waals surface area contributed by atoms with Crippen molar-refractivity contribution in [3.63, 3.8) is 0 Å². The Labute approximate surface area is 189 Å². The Balaban J connectivity index is 1.74. The minimum absolute atomic E-state index is 0.0753. The molecular formula is C24H30N2O5S. The average molecular weight is 459 g/mol. The van der Waals surface area contributed by atoms with Crippen molar-refractivity contribution in [1.29, 1.82) is 0 Å². The molecule has 0 spiro atoms. The zero-order valence-electron chi connectivity index (χ0n) is 18.7. The number of fused-ring (bicyclic) bond motifs is 1. The third-order valence-corrected chi connectivity index (χ3v) is 7.10. The molecule has 0 saturated heterocycles. The monoisotopic (exact) mass is 458 g/mol. The first-order chi connectivity index (χ1) is 15.1. The fraction of sp³-hybridized carbons (Fsp3) is 0.417. The summed E-state index contributed by atoms with van der Waals surface area (Å²) in [6.45, 7) is 5.91. The van der Waals surface area contributed by atoms with Crippen LogP contribution in [-0.4, -0.2) is 37.8 Å². The van der Waals surface area contributed by atoms with Gasteiger partial charge in [-0.2, -0.15) is 0 Å². The summed E-state index contributed by atoms with van der Waals surface area (Å²) in [4.78, 5) is 26.4. The summed E-state index contributed by atoms with van der Waals surface area (Å²) in [6, 6.07) is 10.5. The van der Waals surface area contributed by atoms with E-state index >= 15 is 0 Å². The molecule has 172 valence electrons. The number of carbonyl (C=O) groups excluding carboxylic acids is 2. The molecule has 2 aromatic carbocycles. The normalized spacial score (nSPS) is 14.4. The number of nitrogens with one attached hydrogen (secondary N) is 1. The van der Waals surface area contributed by atoms with E-state index in [0.717, 1.165) is 16.8 Å². The third kappa shape index (κ3) is 5.75. The third-order valence-electron chi connectivity index (χ3n) is 5.63. The summed E-state index contributed by atoms with van der Waals surface area (Å²) < 4.78 is 28.8. The van der Waals surface area contributed by atoms with Gasteiger partial charge in [0.2, 0.25) is 15.9 Å². The summed E-state index contributed by atoms with van der Waals surface area (Å²) in [5.41, 5.74) is 2.44. The van der Waals surface area contributed by atoms with Crippen LogP contribution in [-0.2, 0) is 32.5 Å². The van der Waals surface area contributed by atoms with E-state index in [1.165, 1.54) is 13.0 Å². The Kier molecular flexibility index (Phi) is 7.36. The standard InChI is InChI=1S/C24H30N2O5S/c1-16(2)14-22(24(29)11-6-18-4-7-20(28)8-5-18)25-32(30,31)21-9-10-23-19(15-21)12-13-26(23)17(3)27/h4-5,7-10,15-16,22,25,28H,6,11-14H2,1-3H3. The molecule has 0 aromatic heterocycles. The predicted octanol–water partition coefficient (Wildman–Crippen LogP) is 3.20. The van der Waals surface area contributed by atoms with E-state index in [0.29, 0.717) is 25.8 Å². The summed E-state index contributed by atoms with van der Waals surface area (Å²) in [5.74, 6) is 0.0451. The predicted molar refractivity (Wildman–Crippen MR) is 123 cm³/mol. The highest BCUT2D eigenvalue weighted by Gasteiger charge is 2.28. The smallest absolute Gasteiger partial charge is 0.241 e. The largest absolute Gasteiger partial charge is 0.508 e. The van der Waals surface area contributed by atoms with Gasteiger partial charge in [0.15, 0.2) is 5.78 Å². The van der Waals surface area contributed by atoms with Gasteiger partial charge in [0.25, 0.3) is 0 Å². The van der Waals surface area contributed by atoms with Crippen molar-refractivity contribution in [3.8, 4) is 5.75 Å². The molecule has 2 N–H and O–H groups in total. The van der Waals surface area contributed by atoms with Gasteiger partial charge in [0, 0.05) is 25.6 Å². The maximum absolute atomic E-state index is 13.1. The second-order valence-electron chi connectivity index (χ2n) is 8.65. The van der Waals surface area contributed by atoms with Crippen molar-refractivity contribution in [2.24, 2.45) is 5.92 Å². The fourth-order valence-corrected chi connectivity index (χ4v) is 5.23. The second-order valence-corrected chi connectivity index (χ2v) is 10.4. The molecule has 7 nitrogen and oxygen atoms in total. The van der Waals surface area contributed by atoms with E-state index in [2.05, 4.69) is 4.72 Å². The van der Waals surface area contributed by atoms with Crippen molar-refractivity contribution in [2.75, 3.05) is 11.4 Å². The average Bonchev–Trinajstić information content (AvgIpc) is 3.16. The number of sulfonamides is 1. The van der Waals surface area contributed by atoms with Gasteiger partial charge in [-0.1, -0.05) is 26.0 Å². The number of aryl methyl sites for hydroxylation is 1. The topological polar surface area (TPSA) is 104 Å². The zero-order chi connectivity index (χ0) is 23.5. The van der Waals surface area contributed by atoms with Gasteiger partial charge in [-0.15, -0.1) is 0 Å². The van der Waals surface area contributed by atoms with Gasteiger partial charge in [0.1, 0.15) is 5.75 Å². The van der Waals surface area contributed by atoms with Crippen LogP contribution in [0.5, 0.6) is 5.75 Å². The fourth-order valence-electron chi connectivity index (χ4n) is 3.95. The van der Waals surface area contributed by atoms with Crippen LogP contribution in [0.4, 0.5) is 5.69 Å². The van der Waals surface area contributed by atoms with Crippen molar-refractivity contribution in [2.45, 2.75) is 57.4 Å². The molecule has 1 unspecified atom stereocenters. The van der Waals surface area contributed by atoms with Crippen molar-refractivity contribution in [1.82, 2.24) is 4.72 Å². The Morgan fingerprint density at radius 1 is 1.12 bits per heavy atom. The molecule has 0 fully saturated rings. The number of phenolic OH excluding ortho intramolecular Hbond substituents is 1. The number of benzene rings is 2. The molecular weight excluding hydrogens is 428 g/mol. The Bertz CT molecular complexity index is 1090. The van der Waals surface area contributed by atoms with Gasteiger partial charge < -0.3 is 10.0 Å². The highest BCUT2D eigenvalue weighted by atomic mass is 32.2. The van der Waals surface area contributed by atoms with Crippen LogP contribution >= 0.6 is 0 Å². The molecule has 0 radical (unpaired) electrons. The highest BCUT2D eigenvalue weighted by Crippen LogP contribution is 2.30. The van der Waals surface area contributed by atoms with Crippen LogP contribution in [0, 0.1) is 5.92 Å². The Hall–Kier alpha value is -2.71. The number of Topliss-reactive ketones (excluding diaryl/α,β-unsaturated/α-hetero) is 1. The van der Waals surface area contributed by atoms with E-state index in [-0.39, 0.29) is 34.7 Å². The lowest BCUT2D eigenvalue weighted by atomic mass is 9.97. The summed E-state index contributed by atoms with van der Waals surface area (Å²) >= 11 is 0. The molecule has 2 aromatic rings. The number of hydrogen-bond acceptors (Lipinski definition) is 5. The number of rotatable bonds is 9. The number of carbonyl (C=O) groups is 2. The number of anilines is 1. The number of nitrogens with zero attached hydrogens (tertiary/aromatic N) is 1. The maximum Gasteiger partial charge on any atom is 0.241 e. The van der Waals surface area contributed by atoms with E-state index in [9.17, 15) is 23.1 Å². The molecule has 1 atom stereocenters. The number of amides is 1. The number of phenols is 1. The molecule has 0 aliphatic carbocycles. The Morgan fingerprint density at radius 2 is 1.81 bits per heavy atom. The molecule has 3 rings (SSSR count). The van der Waals surface area contributed by atoms with Gasteiger partial charge in [-0.05, 0) is 66.6 Å². The lowest BCUT2D eigenvalue weighted by molar-refractivity contribution is -0.121. The van der Waals surface area contributed by atoms with Crippen molar-refractivity contribution < 1.29 is 23.1 Å². The highest BCUT2D eigenvalue weighted by molar-refractivity contribution is 7.89. The molecule has 32 heavy (non-hydrogen) atoms. The van der Waals surface area contributed by atoms with Crippen LogP contribution in [0.2, 0.25) is 0 Å². The van der Waals surface area contributed by atoms with Crippen LogP contribution < -0.4 is 9.62 Å². The minimum atomic E-state index is -3.91.